The van der Waals surface area contributed by atoms with Crippen molar-refractivity contribution in [2.75, 3.05) is 13.1 Å². The maximum Gasteiger partial charge on any atom is 0.317 e. The minimum Gasteiger partial charge on any atom is -0.480 e. The molecule has 0 saturated heterocycles. The van der Waals surface area contributed by atoms with Gasteiger partial charge in [-0.2, -0.15) is 0 Å². The first-order valence-corrected chi connectivity index (χ1v) is 9.17. The fourth-order valence-corrected chi connectivity index (χ4v) is 3.70. The van der Waals surface area contributed by atoms with Gasteiger partial charge < -0.3 is 15.0 Å². The van der Waals surface area contributed by atoms with Crippen LogP contribution in [0.2, 0.25) is 0 Å². The summed E-state index contributed by atoms with van der Waals surface area (Å²) in [5.41, 5.74) is 2.42. The highest BCUT2D eigenvalue weighted by Gasteiger charge is 2.37. The number of carbonyl (C=O) groups is 2. The number of imidazole rings is 1. The number of fused-ring (bicyclic) bond motifs is 1. The van der Waals surface area contributed by atoms with E-state index in [0.29, 0.717) is 11.5 Å². The molecule has 1 amide bonds. The van der Waals surface area contributed by atoms with Crippen LogP contribution in [0.3, 0.4) is 0 Å². The first kappa shape index (κ1) is 17.0. The monoisotopic (exact) mass is 356 g/mol. The summed E-state index contributed by atoms with van der Waals surface area (Å²) in [6, 6.07) is 5.91. The summed E-state index contributed by atoms with van der Waals surface area (Å²) in [6.07, 6.45) is 5.78. The van der Waals surface area contributed by atoms with Crippen LogP contribution in [-0.4, -0.2) is 56.6 Å². The van der Waals surface area contributed by atoms with Crippen LogP contribution in [0.1, 0.15) is 36.0 Å². The van der Waals surface area contributed by atoms with Crippen molar-refractivity contribution in [2.24, 2.45) is 13.0 Å². The Morgan fingerprint density at radius 3 is 2.81 bits per heavy atom. The molecule has 1 heterocycles. The summed E-state index contributed by atoms with van der Waals surface area (Å²) in [5.74, 6) is -0.206. The zero-order chi connectivity index (χ0) is 18.3. The minimum absolute atomic E-state index is 0.0898. The highest BCUT2D eigenvalue weighted by Crippen LogP contribution is 2.33. The molecule has 138 valence electrons. The number of nitrogens with zero attached hydrogens (tertiary/aromatic N) is 3. The zero-order valence-electron chi connectivity index (χ0n) is 14.9. The Bertz CT molecular complexity index is 836. The summed E-state index contributed by atoms with van der Waals surface area (Å²) in [4.78, 5) is 29.9. The Hall–Kier alpha value is -2.41. The molecule has 2 aliphatic carbocycles. The van der Waals surface area contributed by atoms with Gasteiger partial charge in [0, 0.05) is 31.2 Å². The number of aliphatic carboxylic acids is 1. The first-order valence-electron chi connectivity index (χ1n) is 9.17. The Kier molecular flexibility index (Phi) is 4.40. The molecule has 2 saturated carbocycles. The summed E-state index contributed by atoms with van der Waals surface area (Å²) < 4.78 is 1.92. The molecule has 26 heavy (non-hydrogen) atoms. The number of carbonyl (C=O) groups excluding carboxylic acids is 1. The second-order valence-corrected chi connectivity index (χ2v) is 7.62. The lowest BCUT2D eigenvalue weighted by molar-refractivity contribution is -0.139. The first-order chi connectivity index (χ1) is 12.5. The van der Waals surface area contributed by atoms with Gasteiger partial charge in [-0.1, -0.05) is 0 Å². The largest absolute Gasteiger partial charge is 0.480 e. The van der Waals surface area contributed by atoms with Gasteiger partial charge in [-0.25, -0.2) is 4.98 Å². The molecule has 7 nitrogen and oxygen atoms in total. The third kappa shape index (κ3) is 3.58. The van der Waals surface area contributed by atoms with E-state index in [1.165, 1.54) is 12.8 Å². The van der Waals surface area contributed by atoms with E-state index in [1.54, 1.807) is 6.33 Å². The number of rotatable bonds is 7. The molecule has 7 heteroatoms. The number of hydrogen-bond acceptors (Lipinski definition) is 4. The molecule has 4 rings (SSSR count). The molecule has 0 unspecified atom stereocenters. The SMILES string of the molecule is Cn1cnc2cc(C(=O)NC3CC(N(CC(=O)O)CC4CC4)C3)ccc21. The molecular formula is C19H24N4O3. The van der Waals surface area contributed by atoms with Gasteiger partial charge in [0.25, 0.3) is 5.91 Å². The number of nitrogens with one attached hydrogen (secondary N) is 1. The summed E-state index contributed by atoms with van der Waals surface area (Å²) in [7, 11) is 1.92. The van der Waals surface area contributed by atoms with E-state index in [4.69, 9.17) is 5.11 Å². The van der Waals surface area contributed by atoms with Gasteiger partial charge in [0.05, 0.1) is 23.9 Å². The Morgan fingerprint density at radius 1 is 1.35 bits per heavy atom. The van der Waals surface area contributed by atoms with Crippen LogP contribution in [0.5, 0.6) is 0 Å². The number of benzene rings is 1. The molecular weight excluding hydrogens is 332 g/mol. The Balaban J connectivity index is 1.33. The summed E-state index contributed by atoms with van der Waals surface area (Å²) in [6.45, 7) is 0.964. The molecule has 2 aliphatic rings. The van der Waals surface area contributed by atoms with Crippen LogP contribution in [0, 0.1) is 5.92 Å². The third-order valence-corrected chi connectivity index (χ3v) is 5.48. The average Bonchev–Trinajstić information content (AvgIpc) is 3.30. The van der Waals surface area contributed by atoms with Crippen molar-refractivity contribution in [1.29, 1.82) is 0 Å². The Labute approximate surface area is 152 Å². The maximum atomic E-state index is 12.5. The smallest absolute Gasteiger partial charge is 0.317 e. The molecule has 2 N–H and O–H groups in total. The molecule has 0 radical (unpaired) electrons. The summed E-state index contributed by atoms with van der Waals surface area (Å²) in [5, 5.41) is 12.2. The quantitative estimate of drug-likeness (QED) is 0.787. The third-order valence-electron chi connectivity index (χ3n) is 5.48. The van der Waals surface area contributed by atoms with Gasteiger partial charge in [-0.05, 0) is 49.8 Å². The molecule has 1 aromatic carbocycles. The molecule has 0 bridgehead atoms. The van der Waals surface area contributed by atoms with Crippen molar-refractivity contribution in [2.45, 2.75) is 37.8 Å². The molecule has 2 aromatic rings. The maximum absolute atomic E-state index is 12.5. The van der Waals surface area contributed by atoms with Crippen LogP contribution in [0.4, 0.5) is 0 Å². The number of aryl methyl sites for hydroxylation is 1. The second-order valence-electron chi connectivity index (χ2n) is 7.62. The fourth-order valence-electron chi connectivity index (χ4n) is 3.70. The predicted molar refractivity (Wildman–Crippen MR) is 96.9 cm³/mol. The van der Waals surface area contributed by atoms with Gasteiger partial charge >= 0.3 is 5.97 Å². The van der Waals surface area contributed by atoms with Crippen molar-refractivity contribution in [3.05, 3.63) is 30.1 Å². The lowest BCUT2D eigenvalue weighted by Crippen LogP contribution is -2.55. The Morgan fingerprint density at radius 2 is 2.12 bits per heavy atom. The van der Waals surface area contributed by atoms with E-state index in [0.717, 1.165) is 30.4 Å². The van der Waals surface area contributed by atoms with Crippen molar-refractivity contribution < 1.29 is 14.7 Å². The number of aromatic nitrogens is 2. The minimum atomic E-state index is -0.776. The predicted octanol–water partition coefficient (Wildman–Crippen LogP) is 1.63. The molecule has 0 aliphatic heterocycles. The van der Waals surface area contributed by atoms with E-state index in [9.17, 15) is 9.59 Å². The van der Waals surface area contributed by atoms with E-state index in [-0.39, 0.29) is 24.5 Å². The molecule has 2 fully saturated rings. The van der Waals surface area contributed by atoms with Gasteiger partial charge in [0.15, 0.2) is 0 Å². The van der Waals surface area contributed by atoms with Gasteiger partial charge in [-0.15, -0.1) is 0 Å². The normalized spacial score (nSPS) is 22.4. The van der Waals surface area contributed by atoms with Gasteiger partial charge in [-0.3, -0.25) is 14.5 Å². The van der Waals surface area contributed by atoms with Gasteiger partial charge in [0.1, 0.15) is 0 Å². The van der Waals surface area contributed by atoms with Gasteiger partial charge in [0.2, 0.25) is 0 Å². The van der Waals surface area contributed by atoms with Crippen LogP contribution in [0.15, 0.2) is 24.5 Å². The van der Waals surface area contributed by atoms with Crippen LogP contribution in [0.25, 0.3) is 11.0 Å². The highest BCUT2D eigenvalue weighted by molar-refractivity contribution is 5.97. The molecule has 0 spiro atoms. The van der Waals surface area contributed by atoms with Crippen molar-refractivity contribution in [1.82, 2.24) is 19.8 Å². The number of amides is 1. The average molecular weight is 356 g/mol. The lowest BCUT2D eigenvalue weighted by atomic mass is 9.85. The number of carboxylic acids is 1. The lowest BCUT2D eigenvalue weighted by Gasteiger charge is -2.42. The standard InChI is InChI=1S/C19H24N4O3/c1-22-11-20-16-6-13(4-5-17(16)22)19(26)21-14-7-15(8-14)23(10-18(24)25)9-12-2-3-12/h4-6,11-12,14-15H,2-3,7-10H2,1H3,(H,21,26)(H,24,25). The molecule has 1 aromatic heterocycles. The number of hydrogen-bond donors (Lipinski definition) is 2. The molecule has 0 atom stereocenters. The highest BCUT2D eigenvalue weighted by atomic mass is 16.4. The zero-order valence-corrected chi connectivity index (χ0v) is 14.9. The topological polar surface area (TPSA) is 87.5 Å². The van der Waals surface area contributed by atoms with E-state index in [1.807, 2.05) is 29.8 Å². The van der Waals surface area contributed by atoms with E-state index < -0.39 is 5.97 Å². The second kappa shape index (κ2) is 6.72. The fraction of sp³-hybridized carbons (Fsp3) is 0.526. The van der Waals surface area contributed by atoms with Crippen LogP contribution in [-0.2, 0) is 11.8 Å². The van der Waals surface area contributed by atoms with E-state index >= 15 is 0 Å². The van der Waals surface area contributed by atoms with Crippen molar-refractivity contribution in [3.8, 4) is 0 Å². The van der Waals surface area contributed by atoms with Crippen molar-refractivity contribution >= 4 is 22.9 Å². The number of carboxylic acid groups (broad SMARTS) is 1. The summed E-state index contributed by atoms with van der Waals surface area (Å²) >= 11 is 0. The van der Waals surface area contributed by atoms with Crippen LogP contribution < -0.4 is 5.32 Å². The van der Waals surface area contributed by atoms with E-state index in [2.05, 4.69) is 15.2 Å². The van der Waals surface area contributed by atoms with Crippen LogP contribution >= 0.6 is 0 Å². The van der Waals surface area contributed by atoms with Crippen molar-refractivity contribution in [3.63, 3.8) is 0 Å².